The van der Waals surface area contributed by atoms with E-state index in [1.54, 1.807) is 13.8 Å². The Morgan fingerprint density at radius 1 is 0.552 bits per heavy atom. The Morgan fingerprint density at radius 2 is 0.914 bits per heavy atom. The maximum Gasteiger partial charge on any atom is 0.508 e. The van der Waals surface area contributed by atoms with Crippen LogP contribution < -0.4 is 11.1 Å². The first-order valence-corrected chi connectivity index (χ1v) is 19.4. The average molecular weight is 828 g/mol. The summed E-state index contributed by atoms with van der Waals surface area (Å²) >= 11 is 13.3. The van der Waals surface area contributed by atoms with Crippen LogP contribution in [0.5, 0.6) is 0 Å². The molecule has 0 atom stereocenters. The maximum atomic E-state index is 15.9. The number of aromatic nitrogens is 4. The van der Waals surface area contributed by atoms with E-state index in [1.807, 2.05) is 62.4 Å². The van der Waals surface area contributed by atoms with Crippen molar-refractivity contribution >= 4 is 29.4 Å². The quantitative estimate of drug-likeness (QED) is 0.113. The third-order valence-electron chi connectivity index (χ3n) is 10.2. The second-order valence-electron chi connectivity index (χ2n) is 14.3. The van der Waals surface area contributed by atoms with Crippen molar-refractivity contribution in [2.75, 3.05) is 0 Å². The molecule has 9 nitrogen and oxygen atoms in total. The fourth-order valence-corrected chi connectivity index (χ4v) is 7.55. The lowest BCUT2D eigenvalue weighted by atomic mass is 9.92. The largest absolute Gasteiger partial charge is 0.508 e. The van der Waals surface area contributed by atoms with E-state index in [1.165, 1.54) is 38.4 Å². The SMILES string of the molecule is Cc1ccc(CCc2c(Cl)ccc(F)c2-c2c(COC(=O)OCc3c(C)nn(C)c(=O)c3-c3c(F)ccc(Cl)c3CCc3ccc(C)cc3)c(C)nn(C)c2=O)cc1. The molecule has 0 fully saturated rings. The minimum Gasteiger partial charge on any atom is -0.429 e. The summed E-state index contributed by atoms with van der Waals surface area (Å²) in [5, 5.41) is 9.10. The van der Waals surface area contributed by atoms with Crippen molar-refractivity contribution in [3.05, 3.63) is 171 Å². The highest BCUT2D eigenvalue weighted by Gasteiger charge is 2.27. The second-order valence-corrected chi connectivity index (χ2v) is 15.1. The summed E-state index contributed by atoms with van der Waals surface area (Å²) in [6.45, 7) is 6.16. The van der Waals surface area contributed by atoms with Crippen LogP contribution in [0.1, 0.15) is 55.9 Å². The molecule has 2 aromatic heterocycles. The zero-order valence-electron chi connectivity index (χ0n) is 33.0. The van der Waals surface area contributed by atoms with Gasteiger partial charge in [-0.15, -0.1) is 0 Å². The van der Waals surface area contributed by atoms with Gasteiger partial charge in [-0.2, -0.15) is 10.2 Å². The van der Waals surface area contributed by atoms with E-state index in [-0.39, 0.29) is 43.4 Å². The Morgan fingerprint density at radius 3 is 1.28 bits per heavy atom. The van der Waals surface area contributed by atoms with Gasteiger partial charge in [0.1, 0.15) is 24.8 Å². The first-order chi connectivity index (χ1) is 27.6. The highest BCUT2D eigenvalue weighted by molar-refractivity contribution is 6.32. The number of aryl methyl sites for hydroxylation is 8. The van der Waals surface area contributed by atoms with Gasteiger partial charge in [-0.25, -0.2) is 22.9 Å². The predicted molar refractivity (Wildman–Crippen MR) is 221 cm³/mol. The molecule has 0 bridgehead atoms. The number of carbonyl (C=O) groups excluding carboxylic acids is 1. The molecule has 0 aliphatic carbocycles. The van der Waals surface area contributed by atoms with E-state index in [0.717, 1.165) is 31.6 Å². The van der Waals surface area contributed by atoms with Gasteiger partial charge in [0.05, 0.1) is 22.5 Å². The van der Waals surface area contributed by atoms with Crippen molar-refractivity contribution in [1.82, 2.24) is 19.6 Å². The number of carbonyl (C=O) groups is 1. The van der Waals surface area contributed by atoms with Gasteiger partial charge < -0.3 is 9.47 Å². The van der Waals surface area contributed by atoms with Crippen molar-refractivity contribution < 1.29 is 23.0 Å². The number of ether oxygens (including phenoxy) is 2. The standard InChI is InChI=1S/C45H42Cl2F2N4O5/c1-25-7-11-29(12-8-25)15-17-31-35(46)19-21-37(48)39(31)41-33(27(3)50-52(5)43(41)54)23-57-45(56)58-24-34-28(4)51-53(6)44(55)42(34)40-32(36(47)20-22-38(40)49)18-16-30-13-9-26(2)10-14-30/h7-14,19-22H,15-18,23-24H2,1-6H3. The summed E-state index contributed by atoms with van der Waals surface area (Å²) in [7, 11) is 2.89. The van der Waals surface area contributed by atoms with Crippen molar-refractivity contribution in [3.8, 4) is 22.3 Å². The molecule has 0 amide bonds. The zero-order valence-corrected chi connectivity index (χ0v) is 34.5. The van der Waals surface area contributed by atoms with Crippen LogP contribution in [0.15, 0.2) is 82.4 Å². The summed E-state index contributed by atoms with van der Waals surface area (Å²) in [5.41, 5.74) is 4.60. The van der Waals surface area contributed by atoms with Gasteiger partial charge in [0.2, 0.25) is 0 Å². The molecule has 13 heteroatoms. The van der Waals surface area contributed by atoms with Crippen molar-refractivity contribution in [1.29, 1.82) is 0 Å². The summed E-state index contributed by atoms with van der Waals surface area (Å²) in [6.07, 6.45) is 0.495. The zero-order chi connectivity index (χ0) is 41.8. The molecule has 0 spiro atoms. The van der Waals surface area contributed by atoms with Gasteiger partial charge in [-0.3, -0.25) is 9.59 Å². The summed E-state index contributed by atoms with van der Waals surface area (Å²) in [6, 6.07) is 21.1. The van der Waals surface area contributed by atoms with Gasteiger partial charge in [0, 0.05) is 46.4 Å². The van der Waals surface area contributed by atoms with Crippen LogP contribution in [-0.4, -0.2) is 25.7 Å². The number of rotatable bonds is 12. The smallest absolute Gasteiger partial charge is 0.429 e. The molecule has 0 aliphatic heterocycles. The van der Waals surface area contributed by atoms with Crippen LogP contribution in [0.3, 0.4) is 0 Å². The minimum atomic E-state index is -1.17. The highest BCUT2D eigenvalue weighted by atomic mass is 35.5. The molecular weight excluding hydrogens is 785 g/mol. The number of halogens is 4. The topological polar surface area (TPSA) is 105 Å². The van der Waals surface area contributed by atoms with Crippen molar-refractivity contribution in [2.45, 2.75) is 66.6 Å². The van der Waals surface area contributed by atoms with E-state index in [4.69, 9.17) is 32.7 Å². The lowest BCUT2D eigenvalue weighted by Gasteiger charge is -2.19. The Kier molecular flexibility index (Phi) is 12.9. The van der Waals surface area contributed by atoms with Crippen LogP contribution in [0.25, 0.3) is 22.3 Å². The Balaban J connectivity index is 1.29. The molecule has 2 heterocycles. The fourth-order valence-electron chi connectivity index (χ4n) is 7.04. The van der Waals surface area contributed by atoms with E-state index < -0.39 is 42.1 Å². The average Bonchev–Trinajstić information content (AvgIpc) is 3.19. The first-order valence-electron chi connectivity index (χ1n) is 18.6. The fraction of sp³-hybridized carbons (Fsp3) is 0.267. The molecule has 0 aliphatic rings. The predicted octanol–water partition coefficient (Wildman–Crippen LogP) is 9.45. The molecule has 0 N–H and O–H groups in total. The van der Waals surface area contributed by atoms with Gasteiger partial charge in [-0.05, 0) is 99.9 Å². The molecule has 0 saturated heterocycles. The van der Waals surface area contributed by atoms with E-state index >= 15 is 8.78 Å². The number of hydrogen-bond donors (Lipinski definition) is 0. The van der Waals surface area contributed by atoms with Gasteiger partial charge in [0.25, 0.3) is 11.1 Å². The normalized spacial score (nSPS) is 11.2. The molecule has 58 heavy (non-hydrogen) atoms. The van der Waals surface area contributed by atoms with E-state index in [2.05, 4.69) is 10.2 Å². The highest BCUT2D eigenvalue weighted by Crippen LogP contribution is 2.36. The van der Waals surface area contributed by atoms with Crippen molar-refractivity contribution in [2.24, 2.45) is 14.1 Å². The minimum absolute atomic E-state index is 0.00844. The van der Waals surface area contributed by atoms with Crippen LogP contribution >= 0.6 is 23.2 Å². The molecule has 0 radical (unpaired) electrons. The molecule has 0 saturated carbocycles. The van der Waals surface area contributed by atoms with Gasteiger partial charge in [-0.1, -0.05) is 82.9 Å². The Hall–Kier alpha value is -5.65. The lowest BCUT2D eigenvalue weighted by molar-refractivity contribution is 0.0443. The summed E-state index contributed by atoms with van der Waals surface area (Å²) in [4.78, 5) is 40.8. The van der Waals surface area contributed by atoms with E-state index in [9.17, 15) is 14.4 Å². The Labute approximate surface area is 344 Å². The van der Waals surface area contributed by atoms with Crippen LogP contribution in [0.4, 0.5) is 13.6 Å². The second kappa shape index (κ2) is 17.9. The number of hydrogen-bond acceptors (Lipinski definition) is 7. The molecule has 4 aromatic carbocycles. The third kappa shape index (κ3) is 9.06. The number of benzene rings is 4. The van der Waals surface area contributed by atoms with Gasteiger partial charge >= 0.3 is 6.16 Å². The maximum absolute atomic E-state index is 15.9. The van der Waals surface area contributed by atoms with Crippen LogP contribution in [-0.2, 0) is 62.5 Å². The Bertz CT molecular complexity index is 2460. The molecular formula is C45H42Cl2F2N4O5. The summed E-state index contributed by atoms with van der Waals surface area (Å²) < 4.78 is 45.1. The molecule has 300 valence electrons. The van der Waals surface area contributed by atoms with Crippen LogP contribution in [0.2, 0.25) is 10.0 Å². The van der Waals surface area contributed by atoms with Gasteiger partial charge in [0.15, 0.2) is 0 Å². The van der Waals surface area contributed by atoms with E-state index in [0.29, 0.717) is 48.2 Å². The summed E-state index contributed by atoms with van der Waals surface area (Å²) in [5.74, 6) is -1.36. The van der Waals surface area contributed by atoms with Crippen molar-refractivity contribution in [3.63, 3.8) is 0 Å². The van der Waals surface area contributed by atoms with Crippen LogP contribution in [0, 0.1) is 39.3 Å². The molecule has 6 aromatic rings. The monoisotopic (exact) mass is 826 g/mol. The molecule has 6 rings (SSSR count). The third-order valence-corrected chi connectivity index (χ3v) is 10.9. The molecule has 0 unspecified atom stereocenters. The first kappa shape index (κ1) is 42.0. The number of nitrogens with zero attached hydrogens (tertiary/aromatic N) is 4. The lowest BCUT2D eigenvalue weighted by Crippen LogP contribution is -2.27.